The molecule has 1 amide bonds. The molecule has 3 aromatic rings. The Bertz CT molecular complexity index is 1020. The number of ketones is 1. The van der Waals surface area contributed by atoms with Crippen LogP contribution in [0.3, 0.4) is 0 Å². The average molecular weight is 405 g/mol. The molecule has 0 saturated carbocycles. The molecule has 0 heterocycles. The van der Waals surface area contributed by atoms with Crippen molar-refractivity contribution in [1.29, 1.82) is 0 Å². The second-order valence-electron chi connectivity index (χ2n) is 6.58. The summed E-state index contributed by atoms with van der Waals surface area (Å²) < 4.78 is 17.9. The van der Waals surface area contributed by atoms with Gasteiger partial charge in [-0.15, -0.1) is 0 Å². The third-order valence-corrected chi connectivity index (χ3v) is 4.40. The lowest BCUT2D eigenvalue weighted by molar-refractivity contribution is -0.124. The molecule has 0 bridgehead atoms. The van der Waals surface area contributed by atoms with Crippen LogP contribution in [-0.4, -0.2) is 30.8 Å². The number of carbonyl (C=O) groups is 3. The molecule has 0 saturated heterocycles. The number of halogens is 1. The fraction of sp³-hybridized carbons (Fsp3) is 0.125. The molecular weight excluding hydrogens is 385 g/mol. The first kappa shape index (κ1) is 20.9. The maximum atomic E-state index is 12.9. The zero-order valence-electron chi connectivity index (χ0n) is 16.1. The van der Waals surface area contributed by atoms with Gasteiger partial charge in [0.15, 0.2) is 12.4 Å². The summed E-state index contributed by atoms with van der Waals surface area (Å²) in [6.45, 7) is -0.0642. The predicted octanol–water partition coefficient (Wildman–Crippen LogP) is 3.57. The molecule has 152 valence electrons. The van der Waals surface area contributed by atoms with Crippen LogP contribution in [-0.2, 0) is 16.0 Å². The van der Waals surface area contributed by atoms with Crippen molar-refractivity contribution >= 4 is 17.7 Å². The van der Waals surface area contributed by atoms with E-state index >= 15 is 0 Å². The van der Waals surface area contributed by atoms with Crippen molar-refractivity contribution in [2.24, 2.45) is 0 Å². The first-order valence-electron chi connectivity index (χ1n) is 9.41. The van der Waals surface area contributed by atoms with E-state index in [0.717, 1.165) is 5.56 Å². The van der Waals surface area contributed by atoms with Crippen molar-refractivity contribution in [3.63, 3.8) is 0 Å². The maximum Gasteiger partial charge on any atom is 0.338 e. The summed E-state index contributed by atoms with van der Waals surface area (Å²) in [5, 5.41) is 2.64. The van der Waals surface area contributed by atoms with Gasteiger partial charge in [-0.25, -0.2) is 9.18 Å². The fourth-order valence-corrected chi connectivity index (χ4v) is 2.78. The Morgan fingerprint density at radius 2 is 1.37 bits per heavy atom. The zero-order valence-corrected chi connectivity index (χ0v) is 16.1. The van der Waals surface area contributed by atoms with Crippen LogP contribution < -0.4 is 5.32 Å². The molecule has 0 aliphatic rings. The smallest absolute Gasteiger partial charge is 0.338 e. The summed E-state index contributed by atoms with van der Waals surface area (Å²) >= 11 is 0. The molecule has 0 unspecified atom stereocenters. The lowest BCUT2D eigenvalue weighted by atomic mass is 10.0. The summed E-state index contributed by atoms with van der Waals surface area (Å²) in [6.07, 6.45) is 0.539. The minimum Gasteiger partial charge on any atom is -0.452 e. The summed E-state index contributed by atoms with van der Waals surface area (Å²) in [7, 11) is 0. The largest absolute Gasteiger partial charge is 0.452 e. The molecule has 0 aliphatic carbocycles. The van der Waals surface area contributed by atoms with E-state index in [9.17, 15) is 18.8 Å². The number of benzene rings is 3. The third kappa shape index (κ3) is 5.85. The predicted molar refractivity (Wildman–Crippen MR) is 110 cm³/mol. The minimum atomic E-state index is -0.651. The summed E-state index contributed by atoms with van der Waals surface area (Å²) in [6, 6.07) is 20.9. The van der Waals surface area contributed by atoms with E-state index in [-0.39, 0.29) is 17.2 Å². The SMILES string of the molecule is O=C(COC(=O)c1ccc(C(=O)c2ccccc2)cc1)NCCc1ccc(F)cc1. The van der Waals surface area contributed by atoms with E-state index in [4.69, 9.17) is 4.74 Å². The number of carbonyl (C=O) groups excluding carboxylic acids is 3. The second-order valence-corrected chi connectivity index (χ2v) is 6.58. The van der Waals surface area contributed by atoms with Gasteiger partial charge in [0.2, 0.25) is 0 Å². The van der Waals surface area contributed by atoms with Crippen molar-refractivity contribution in [1.82, 2.24) is 5.32 Å². The van der Waals surface area contributed by atoms with Crippen LogP contribution in [0, 0.1) is 5.82 Å². The molecule has 1 N–H and O–H groups in total. The van der Waals surface area contributed by atoms with Gasteiger partial charge in [-0.1, -0.05) is 54.6 Å². The van der Waals surface area contributed by atoms with Gasteiger partial charge in [0.25, 0.3) is 5.91 Å². The Morgan fingerprint density at radius 1 is 0.767 bits per heavy atom. The van der Waals surface area contributed by atoms with E-state index in [0.29, 0.717) is 24.1 Å². The topological polar surface area (TPSA) is 72.5 Å². The summed E-state index contributed by atoms with van der Waals surface area (Å²) in [5.41, 5.74) is 2.15. The van der Waals surface area contributed by atoms with Crippen LogP contribution in [0.5, 0.6) is 0 Å². The van der Waals surface area contributed by atoms with Crippen LogP contribution >= 0.6 is 0 Å². The number of ether oxygens (including phenoxy) is 1. The molecule has 6 heteroatoms. The zero-order chi connectivity index (χ0) is 21.3. The van der Waals surface area contributed by atoms with Gasteiger partial charge in [0.1, 0.15) is 5.82 Å². The van der Waals surface area contributed by atoms with Crippen LogP contribution in [0.25, 0.3) is 0 Å². The number of rotatable bonds is 8. The number of amides is 1. The Morgan fingerprint density at radius 3 is 2.03 bits per heavy atom. The molecule has 0 atom stereocenters. The molecule has 0 fully saturated rings. The maximum absolute atomic E-state index is 12.9. The quantitative estimate of drug-likeness (QED) is 0.459. The number of nitrogens with one attached hydrogen (secondary N) is 1. The molecule has 0 aliphatic heterocycles. The van der Waals surface area contributed by atoms with E-state index in [2.05, 4.69) is 5.32 Å². The Hall–Kier alpha value is -3.80. The highest BCUT2D eigenvalue weighted by Gasteiger charge is 2.13. The van der Waals surface area contributed by atoms with Crippen molar-refractivity contribution in [2.75, 3.05) is 13.2 Å². The molecule has 0 aromatic heterocycles. The van der Waals surface area contributed by atoms with Gasteiger partial charge in [-0.2, -0.15) is 0 Å². The summed E-state index contributed by atoms with van der Waals surface area (Å²) in [5.74, 6) is -1.54. The van der Waals surface area contributed by atoms with Crippen LogP contribution in [0.1, 0.15) is 31.8 Å². The number of hydrogen-bond donors (Lipinski definition) is 1. The molecule has 0 spiro atoms. The molecule has 30 heavy (non-hydrogen) atoms. The van der Waals surface area contributed by atoms with Crippen molar-refractivity contribution < 1.29 is 23.5 Å². The highest BCUT2D eigenvalue weighted by molar-refractivity contribution is 6.09. The van der Waals surface area contributed by atoms with Crippen LogP contribution in [0.2, 0.25) is 0 Å². The van der Waals surface area contributed by atoms with Crippen LogP contribution in [0.4, 0.5) is 4.39 Å². The van der Waals surface area contributed by atoms with E-state index in [1.54, 1.807) is 48.5 Å². The van der Waals surface area contributed by atoms with Crippen LogP contribution in [0.15, 0.2) is 78.9 Å². The van der Waals surface area contributed by atoms with E-state index < -0.39 is 18.5 Å². The molecule has 0 radical (unpaired) electrons. The molecule has 3 rings (SSSR count). The monoisotopic (exact) mass is 405 g/mol. The Kier molecular flexibility index (Phi) is 7.05. The van der Waals surface area contributed by atoms with Gasteiger partial charge in [-0.3, -0.25) is 9.59 Å². The lowest BCUT2D eigenvalue weighted by Crippen LogP contribution is -2.30. The van der Waals surface area contributed by atoms with Gasteiger partial charge >= 0.3 is 5.97 Å². The highest BCUT2D eigenvalue weighted by atomic mass is 19.1. The standard InChI is InChI=1S/C24H20FNO4/c25-21-12-6-17(7-13-21)14-15-26-22(27)16-30-24(29)20-10-8-19(9-11-20)23(28)18-4-2-1-3-5-18/h1-13H,14-16H2,(H,26,27). The van der Waals surface area contributed by atoms with Gasteiger partial charge in [0.05, 0.1) is 5.56 Å². The Balaban J connectivity index is 1.44. The average Bonchev–Trinajstić information content (AvgIpc) is 2.79. The number of esters is 1. The minimum absolute atomic E-state index is 0.143. The van der Waals surface area contributed by atoms with E-state index in [1.807, 2.05) is 6.07 Å². The van der Waals surface area contributed by atoms with Gasteiger partial charge in [-0.05, 0) is 36.2 Å². The molecular formula is C24H20FNO4. The first-order chi connectivity index (χ1) is 14.5. The van der Waals surface area contributed by atoms with Crippen molar-refractivity contribution in [3.8, 4) is 0 Å². The Labute approximate surface area is 173 Å². The van der Waals surface area contributed by atoms with E-state index in [1.165, 1.54) is 24.3 Å². The number of hydrogen-bond acceptors (Lipinski definition) is 4. The third-order valence-electron chi connectivity index (χ3n) is 4.40. The normalized spacial score (nSPS) is 10.3. The van der Waals surface area contributed by atoms with Crippen molar-refractivity contribution in [2.45, 2.75) is 6.42 Å². The van der Waals surface area contributed by atoms with Gasteiger partial charge in [0, 0.05) is 17.7 Å². The highest BCUT2D eigenvalue weighted by Crippen LogP contribution is 2.12. The van der Waals surface area contributed by atoms with Crippen molar-refractivity contribution in [3.05, 3.63) is 107 Å². The van der Waals surface area contributed by atoms with Gasteiger partial charge < -0.3 is 10.1 Å². The first-order valence-corrected chi connectivity index (χ1v) is 9.41. The lowest BCUT2D eigenvalue weighted by Gasteiger charge is -2.07. The second kappa shape index (κ2) is 10.1. The summed E-state index contributed by atoms with van der Waals surface area (Å²) in [4.78, 5) is 36.3. The fourth-order valence-electron chi connectivity index (χ4n) is 2.78. The molecule has 3 aromatic carbocycles. The molecule has 5 nitrogen and oxygen atoms in total.